The van der Waals surface area contributed by atoms with Crippen LogP contribution in [0.25, 0.3) is 0 Å². The number of Topliss-reactive ketones (excluding diaryl/α,β-unsaturated/α-hetero) is 1. The standard InChI is InChI=1S/C16H14ClNO3/c1-21-13-10-6-5-9-12(13)15(19)14(17)16(20)18-11-7-3-2-4-8-11/h2-10,14H,1H3,(H,18,20). The summed E-state index contributed by atoms with van der Waals surface area (Å²) in [6.07, 6.45) is 0. The molecule has 0 bridgehead atoms. The number of rotatable bonds is 5. The Labute approximate surface area is 127 Å². The van der Waals surface area contributed by atoms with Crippen molar-refractivity contribution in [3.8, 4) is 5.75 Å². The number of carbonyl (C=O) groups is 2. The highest BCUT2D eigenvalue weighted by Crippen LogP contribution is 2.21. The molecule has 21 heavy (non-hydrogen) atoms. The molecule has 2 rings (SSSR count). The van der Waals surface area contributed by atoms with Gasteiger partial charge >= 0.3 is 0 Å². The van der Waals surface area contributed by atoms with Gasteiger partial charge in [-0.3, -0.25) is 9.59 Å². The number of carbonyl (C=O) groups excluding carboxylic acids is 2. The first-order chi connectivity index (χ1) is 10.1. The summed E-state index contributed by atoms with van der Waals surface area (Å²) < 4.78 is 5.10. The quantitative estimate of drug-likeness (QED) is 0.524. The first-order valence-corrected chi connectivity index (χ1v) is 6.74. The van der Waals surface area contributed by atoms with Crippen LogP contribution in [0.3, 0.4) is 0 Å². The monoisotopic (exact) mass is 303 g/mol. The van der Waals surface area contributed by atoms with Crippen LogP contribution in [0.5, 0.6) is 5.75 Å². The number of para-hydroxylation sites is 2. The largest absolute Gasteiger partial charge is 0.496 e. The lowest BCUT2D eigenvalue weighted by Crippen LogP contribution is -2.30. The second kappa shape index (κ2) is 6.90. The number of ketones is 1. The molecule has 2 aromatic rings. The molecule has 1 unspecified atom stereocenters. The number of ether oxygens (including phenoxy) is 1. The lowest BCUT2D eigenvalue weighted by Gasteiger charge is -2.12. The van der Waals surface area contributed by atoms with E-state index in [4.69, 9.17) is 16.3 Å². The molecule has 4 nitrogen and oxygen atoms in total. The third-order valence-electron chi connectivity index (χ3n) is 2.87. The van der Waals surface area contributed by atoms with Crippen molar-refractivity contribution in [2.75, 3.05) is 12.4 Å². The van der Waals surface area contributed by atoms with E-state index in [0.717, 1.165) is 0 Å². The first kappa shape index (κ1) is 15.1. The van der Waals surface area contributed by atoms with Gasteiger partial charge in [0.2, 0.25) is 5.91 Å². The smallest absolute Gasteiger partial charge is 0.250 e. The van der Waals surface area contributed by atoms with Gasteiger partial charge in [-0.25, -0.2) is 0 Å². The number of alkyl halides is 1. The minimum absolute atomic E-state index is 0.281. The van der Waals surface area contributed by atoms with Crippen LogP contribution in [0.4, 0.5) is 5.69 Å². The van der Waals surface area contributed by atoms with Crippen molar-refractivity contribution in [1.82, 2.24) is 0 Å². The van der Waals surface area contributed by atoms with Gasteiger partial charge in [0.15, 0.2) is 11.2 Å². The topological polar surface area (TPSA) is 55.4 Å². The lowest BCUT2D eigenvalue weighted by atomic mass is 10.1. The molecule has 0 aliphatic rings. The van der Waals surface area contributed by atoms with Gasteiger partial charge in [-0.1, -0.05) is 30.3 Å². The Morgan fingerprint density at radius 1 is 1.05 bits per heavy atom. The Balaban J connectivity index is 2.13. The Morgan fingerprint density at radius 2 is 1.67 bits per heavy atom. The highest BCUT2D eigenvalue weighted by atomic mass is 35.5. The molecule has 0 aliphatic carbocycles. The molecule has 0 aliphatic heterocycles. The van der Waals surface area contributed by atoms with Gasteiger partial charge in [0.05, 0.1) is 12.7 Å². The number of hydrogen-bond acceptors (Lipinski definition) is 3. The van der Waals surface area contributed by atoms with E-state index < -0.39 is 17.1 Å². The maximum absolute atomic E-state index is 12.3. The normalized spacial score (nSPS) is 11.5. The van der Waals surface area contributed by atoms with Crippen LogP contribution in [0.15, 0.2) is 54.6 Å². The van der Waals surface area contributed by atoms with E-state index >= 15 is 0 Å². The fraction of sp³-hybridized carbons (Fsp3) is 0.125. The molecule has 0 radical (unpaired) electrons. The van der Waals surface area contributed by atoms with Gasteiger partial charge in [0, 0.05) is 5.69 Å². The second-order valence-electron chi connectivity index (χ2n) is 4.28. The van der Waals surface area contributed by atoms with Gasteiger partial charge in [-0.2, -0.15) is 0 Å². The number of methoxy groups -OCH3 is 1. The molecule has 5 heteroatoms. The third kappa shape index (κ3) is 3.61. The molecular weight excluding hydrogens is 290 g/mol. The molecule has 1 N–H and O–H groups in total. The highest BCUT2D eigenvalue weighted by molar-refractivity contribution is 6.45. The SMILES string of the molecule is COc1ccccc1C(=O)C(Cl)C(=O)Nc1ccccc1. The summed E-state index contributed by atoms with van der Waals surface area (Å²) in [5.74, 6) is -0.679. The molecule has 0 heterocycles. The zero-order valence-electron chi connectivity index (χ0n) is 11.4. The summed E-state index contributed by atoms with van der Waals surface area (Å²) in [6, 6.07) is 15.5. The van der Waals surface area contributed by atoms with E-state index in [1.165, 1.54) is 7.11 Å². The van der Waals surface area contributed by atoms with Crippen LogP contribution in [0.1, 0.15) is 10.4 Å². The minimum atomic E-state index is -1.32. The van der Waals surface area contributed by atoms with Gasteiger partial charge in [-0.05, 0) is 24.3 Å². The Morgan fingerprint density at radius 3 is 2.33 bits per heavy atom. The van der Waals surface area contributed by atoms with E-state index in [1.54, 1.807) is 48.5 Å². The van der Waals surface area contributed by atoms with Crippen LogP contribution in [0, 0.1) is 0 Å². The number of halogens is 1. The van der Waals surface area contributed by atoms with Crippen LogP contribution >= 0.6 is 11.6 Å². The average Bonchev–Trinajstić information content (AvgIpc) is 2.54. The van der Waals surface area contributed by atoms with E-state index in [0.29, 0.717) is 11.4 Å². The van der Waals surface area contributed by atoms with Gasteiger partial charge in [-0.15, -0.1) is 11.6 Å². The third-order valence-corrected chi connectivity index (χ3v) is 3.27. The van der Waals surface area contributed by atoms with E-state index in [1.807, 2.05) is 6.07 Å². The maximum atomic E-state index is 12.3. The van der Waals surface area contributed by atoms with Gasteiger partial charge in [0.25, 0.3) is 0 Å². The molecule has 108 valence electrons. The zero-order chi connectivity index (χ0) is 15.2. The predicted octanol–water partition coefficient (Wildman–Crippen LogP) is 3.12. The summed E-state index contributed by atoms with van der Waals surface area (Å²) in [7, 11) is 1.46. The number of nitrogens with one attached hydrogen (secondary N) is 1. The van der Waals surface area contributed by atoms with Crippen molar-refractivity contribution in [3.05, 3.63) is 60.2 Å². The van der Waals surface area contributed by atoms with Crippen LogP contribution in [-0.2, 0) is 4.79 Å². The number of benzene rings is 2. The van der Waals surface area contributed by atoms with Crippen molar-refractivity contribution in [1.29, 1.82) is 0 Å². The summed E-state index contributed by atoms with van der Waals surface area (Å²) in [4.78, 5) is 24.3. The fourth-order valence-electron chi connectivity index (χ4n) is 1.83. The van der Waals surface area contributed by atoms with E-state index in [-0.39, 0.29) is 5.56 Å². The van der Waals surface area contributed by atoms with Crippen molar-refractivity contribution in [3.63, 3.8) is 0 Å². The predicted molar refractivity (Wildman–Crippen MR) is 82.0 cm³/mol. The molecule has 0 fully saturated rings. The van der Waals surface area contributed by atoms with Crippen molar-refractivity contribution in [2.24, 2.45) is 0 Å². The summed E-state index contributed by atoms with van der Waals surface area (Å²) in [5, 5.41) is 1.28. The maximum Gasteiger partial charge on any atom is 0.250 e. The summed E-state index contributed by atoms with van der Waals surface area (Å²) in [5.41, 5.74) is 0.865. The Hall–Kier alpha value is -2.33. The first-order valence-electron chi connectivity index (χ1n) is 6.30. The molecule has 0 saturated heterocycles. The van der Waals surface area contributed by atoms with Crippen LogP contribution in [0.2, 0.25) is 0 Å². The van der Waals surface area contributed by atoms with Crippen LogP contribution < -0.4 is 10.1 Å². The number of amides is 1. The molecule has 0 aromatic heterocycles. The Bertz CT molecular complexity index is 643. The highest BCUT2D eigenvalue weighted by Gasteiger charge is 2.27. The van der Waals surface area contributed by atoms with Gasteiger partial charge < -0.3 is 10.1 Å². The average molecular weight is 304 g/mol. The molecule has 0 saturated carbocycles. The molecular formula is C16H14ClNO3. The van der Waals surface area contributed by atoms with E-state index in [9.17, 15) is 9.59 Å². The van der Waals surface area contributed by atoms with Crippen molar-refractivity contribution in [2.45, 2.75) is 5.38 Å². The van der Waals surface area contributed by atoms with Crippen molar-refractivity contribution < 1.29 is 14.3 Å². The second-order valence-corrected chi connectivity index (χ2v) is 4.72. The van der Waals surface area contributed by atoms with Crippen molar-refractivity contribution >= 4 is 29.0 Å². The minimum Gasteiger partial charge on any atom is -0.496 e. The number of anilines is 1. The lowest BCUT2D eigenvalue weighted by molar-refractivity contribution is -0.115. The van der Waals surface area contributed by atoms with Gasteiger partial charge in [0.1, 0.15) is 5.75 Å². The molecule has 0 spiro atoms. The fourth-order valence-corrected chi connectivity index (χ4v) is 2.00. The molecule has 2 aromatic carbocycles. The summed E-state index contributed by atoms with van der Waals surface area (Å²) >= 11 is 5.98. The van der Waals surface area contributed by atoms with E-state index in [2.05, 4.69) is 5.32 Å². The summed E-state index contributed by atoms with van der Waals surface area (Å²) in [6.45, 7) is 0. The molecule has 1 atom stereocenters. The molecule has 1 amide bonds. The number of hydrogen-bond donors (Lipinski definition) is 1. The zero-order valence-corrected chi connectivity index (χ0v) is 12.1. The van der Waals surface area contributed by atoms with Crippen LogP contribution in [-0.4, -0.2) is 24.2 Å². The Kier molecular flexibility index (Phi) is 4.95.